The Kier molecular flexibility index (Phi) is 9.87. The zero-order valence-corrected chi connectivity index (χ0v) is 13.0. The number of rotatable bonds is 10. The van der Waals surface area contributed by atoms with Crippen LogP contribution in [0.15, 0.2) is 12.2 Å². The van der Waals surface area contributed by atoms with E-state index in [1.165, 1.54) is 6.42 Å². The van der Waals surface area contributed by atoms with Crippen molar-refractivity contribution in [3.05, 3.63) is 12.2 Å². The number of ether oxygens (including phenoxy) is 2. The maximum absolute atomic E-state index is 9.89. The van der Waals surface area contributed by atoms with E-state index in [1.54, 1.807) is 0 Å². The minimum atomic E-state index is -0.991. The normalized spacial score (nSPS) is 30.1. The Labute approximate surface area is 127 Å². The smallest absolute Gasteiger partial charge is 0.114 e. The van der Waals surface area contributed by atoms with E-state index in [0.29, 0.717) is 6.61 Å². The van der Waals surface area contributed by atoms with Gasteiger partial charge in [0.05, 0.1) is 13.2 Å². The molecule has 0 bridgehead atoms. The van der Waals surface area contributed by atoms with Crippen molar-refractivity contribution < 1.29 is 24.8 Å². The highest BCUT2D eigenvalue weighted by atomic mass is 16.6. The summed E-state index contributed by atoms with van der Waals surface area (Å²) in [5.74, 6) is 0. The molecular formula is C16H30O5. The maximum Gasteiger partial charge on any atom is 0.114 e. The van der Waals surface area contributed by atoms with Gasteiger partial charge in [0.25, 0.3) is 0 Å². The van der Waals surface area contributed by atoms with Gasteiger partial charge in [0.2, 0.25) is 0 Å². The van der Waals surface area contributed by atoms with Crippen LogP contribution in [0, 0.1) is 0 Å². The van der Waals surface area contributed by atoms with Crippen LogP contribution in [0.4, 0.5) is 0 Å². The highest BCUT2D eigenvalue weighted by Crippen LogP contribution is 2.19. The highest BCUT2D eigenvalue weighted by Gasteiger charge is 2.39. The van der Waals surface area contributed by atoms with Gasteiger partial charge in [-0.05, 0) is 25.7 Å². The van der Waals surface area contributed by atoms with E-state index < -0.39 is 24.4 Å². The molecule has 1 heterocycles. The molecule has 0 amide bonds. The van der Waals surface area contributed by atoms with Gasteiger partial charge in [-0.3, -0.25) is 0 Å². The van der Waals surface area contributed by atoms with Gasteiger partial charge in [-0.1, -0.05) is 31.9 Å². The molecule has 1 aliphatic heterocycles. The van der Waals surface area contributed by atoms with Crippen molar-refractivity contribution in [2.24, 2.45) is 0 Å². The molecule has 0 radical (unpaired) electrons. The van der Waals surface area contributed by atoms with Gasteiger partial charge in [0.1, 0.15) is 24.4 Å². The third-order valence-electron chi connectivity index (χ3n) is 3.74. The third-order valence-corrected chi connectivity index (χ3v) is 3.74. The summed E-state index contributed by atoms with van der Waals surface area (Å²) < 4.78 is 10.9. The average molecular weight is 302 g/mol. The molecule has 1 fully saturated rings. The second kappa shape index (κ2) is 11.2. The standard InChI is InChI=1S/C16H30O5/c1-2-3-4-5-6-7-8-9-10-20-16-14(11-17)21-12-13(18)15(16)19/h3-4,13-19H,2,5-12H2,1H3/b4-3+/t13-,14+,15+,16+/m1/s1. The lowest BCUT2D eigenvalue weighted by Gasteiger charge is -2.37. The first-order chi connectivity index (χ1) is 10.2. The monoisotopic (exact) mass is 302 g/mol. The molecule has 0 aromatic heterocycles. The molecule has 1 rings (SSSR count). The Balaban J connectivity index is 2.11. The second-order valence-corrected chi connectivity index (χ2v) is 5.53. The first-order valence-corrected chi connectivity index (χ1v) is 8.05. The number of hydrogen-bond acceptors (Lipinski definition) is 5. The Bertz CT molecular complexity index is 280. The summed E-state index contributed by atoms with van der Waals surface area (Å²) in [5.41, 5.74) is 0. The Morgan fingerprint density at radius 1 is 1.14 bits per heavy atom. The molecule has 4 atom stereocenters. The number of aliphatic hydroxyl groups is 3. The van der Waals surface area contributed by atoms with Gasteiger partial charge >= 0.3 is 0 Å². The number of hydrogen-bond donors (Lipinski definition) is 3. The fraction of sp³-hybridized carbons (Fsp3) is 0.875. The second-order valence-electron chi connectivity index (χ2n) is 5.53. The lowest BCUT2D eigenvalue weighted by atomic mass is 10.0. The summed E-state index contributed by atoms with van der Waals surface area (Å²) in [6, 6.07) is 0. The van der Waals surface area contributed by atoms with Crippen molar-refractivity contribution in [1.82, 2.24) is 0 Å². The van der Waals surface area contributed by atoms with Crippen LogP contribution in [0.5, 0.6) is 0 Å². The first kappa shape index (κ1) is 18.6. The Morgan fingerprint density at radius 3 is 2.62 bits per heavy atom. The van der Waals surface area contributed by atoms with Crippen LogP contribution < -0.4 is 0 Å². The van der Waals surface area contributed by atoms with Gasteiger partial charge in [0.15, 0.2) is 0 Å². The van der Waals surface area contributed by atoms with E-state index in [0.717, 1.165) is 32.1 Å². The zero-order valence-electron chi connectivity index (χ0n) is 13.0. The molecule has 21 heavy (non-hydrogen) atoms. The van der Waals surface area contributed by atoms with E-state index in [9.17, 15) is 15.3 Å². The van der Waals surface area contributed by atoms with Crippen LogP contribution in [0.2, 0.25) is 0 Å². The molecule has 5 heteroatoms. The predicted octanol–water partition coefficient (Wildman–Crippen LogP) is 1.40. The lowest BCUT2D eigenvalue weighted by molar-refractivity contribution is -0.211. The summed E-state index contributed by atoms with van der Waals surface area (Å²) in [5, 5.41) is 28.7. The third kappa shape index (κ3) is 6.89. The van der Waals surface area contributed by atoms with Crippen LogP contribution in [-0.4, -0.2) is 59.6 Å². The topological polar surface area (TPSA) is 79.2 Å². The fourth-order valence-electron chi connectivity index (χ4n) is 2.44. The molecule has 0 aromatic carbocycles. The average Bonchev–Trinajstić information content (AvgIpc) is 2.49. The molecule has 1 saturated heterocycles. The summed E-state index contributed by atoms with van der Waals surface area (Å²) >= 11 is 0. The van der Waals surface area contributed by atoms with Crippen molar-refractivity contribution in [3.63, 3.8) is 0 Å². The van der Waals surface area contributed by atoms with Crippen LogP contribution in [0.1, 0.15) is 45.4 Å². The van der Waals surface area contributed by atoms with Crippen molar-refractivity contribution in [1.29, 1.82) is 0 Å². The molecular weight excluding hydrogens is 272 g/mol. The summed E-state index contributed by atoms with van der Waals surface area (Å²) in [6.07, 6.45) is 7.84. The maximum atomic E-state index is 9.89. The highest BCUT2D eigenvalue weighted by molar-refractivity contribution is 4.87. The van der Waals surface area contributed by atoms with Gasteiger partial charge < -0.3 is 24.8 Å². The SMILES string of the molecule is CC/C=C/CCCCCCO[C@@H]1[C@@H](O)[C@H](O)CO[C@H]1CO. The minimum Gasteiger partial charge on any atom is -0.394 e. The Hall–Kier alpha value is -0.460. The Morgan fingerprint density at radius 2 is 1.90 bits per heavy atom. The largest absolute Gasteiger partial charge is 0.394 e. The predicted molar refractivity (Wildman–Crippen MR) is 81.1 cm³/mol. The van der Waals surface area contributed by atoms with Crippen molar-refractivity contribution >= 4 is 0 Å². The minimum absolute atomic E-state index is 0.0392. The summed E-state index contributed by atoms with van der Waals surface area (Å²) in [6.45, 7) is 2.47. The zero-order chi connectivity index (χ0) is 15.5. The van der Waals surface area contributed by atoms with E-state index in [1.807, 2.05) is 0 Å². The van der Waals surface area contributed by atoms with Crippen molar-refractivity contribution in [2.45, 2.75) is 69.9 Å². The van der Waals surface area contributed by atoms with Crippen LogP contribution in [-0.2, 0) is 9.47 Å². The van der Waals surface area contributed by atoms with Crippen LogP contribution in [0.3, 0.4) is 0 Å². The van der Waals surface area contributed by atoms with Gasteiger partial charge in [-0.25, -0.2) is 0 Å². The van der Waals surface area contributed by atoms with Crippen LogP contribution in [0.25, 0.3) is 0 Å². The molecule has 5 nitrogen and oxygen atoms in total. The quantitative estimate of drug-likeness (QED) is 0.420. The van der Waals surface area contributed by atoms with Gasteiger partial charge in [-0.15, -0.1) is 0 Å². The molecule has 0 aromatic rings. The molecule has 0 unspecified atom stereocenters. The lowest BCUT2D eigenvalue weighted by Crippen LogP contribution is -2.55. The van der Waals surface area contributed by atoms with E-state index in [-0.39, 0.29) is 13.2 Å². The fourth-order valence-corrected chi connectivity index (χ4v) is 2.44. The number of unbranched alkanes of at least 4 members (excludes halogenated alkanes) is 4. The molecule has 3 N–H and O–H groups in total. The number of allylic oxidation sites excluding steroid dienone is 2. The first-order valence-electron chi connectivity index (χ1n) is 8.05. The number of aliphatic hydroxyl groups excluding tert-OH is 3. The molecule has 0 spiro atoms. The van der Waals surface area contributed by atoms with Crippen molar-refractivity contribution in [3.8, 4) is 0 Å². The molecule has 0 aliphatic carbocycles. The van der Waals surface area contributed by atoms with E-state index >= 15 is 0 Å². The molecule has 124 valence electrons. The van der Waals surface area contributed by atoms with Crippen LogP contribution >= 0.6 is 0 Å². The molecule has 1 aliphatic rings. The van der Waals surface area contributed by atoms with Crippen molar-refractivity contribution in [2.75, 3.05) is 19.8 Å². The molecule has 0 saturated carbocycles. The summed E-state index contributed by atoms with van der Waals surface area (Å²) in [4.78, 5) is 0. The van der Waals surface area contributed by atoms with E-state index in [4.69, 9.17) is 9.47 Å². The summed E-state index contributed by atoms with van der Waals surface area (Å²) in [7, 11) is 0. The van der Waals surface area contributed by atoms with Gasteiger partial charge in [0, 0.05) is 6.61 Å². The van der Waals surface area contributed by atoms with E-state index in [2.05, 4.69) is 19.1 Å². The van der Waals surface area contributed by atoms with Gasteiger partial charge in [-0.2, -0.15) is 0 Å².